The summed E-state index contributed by atoms with van der Waals surface area (Å²) in [6, 6.07) is 8.39. The van der Waals surface area contributed by atoms with Gasteiger partial charge in [-0.05, 0) is 38.1 Å². The highest BCUT2D eigenvalue weighted by Crippen LogP contribution is 2.35. The molecule has 1 aromatic heterocycles. The van der Waals surface area contributed by atoms with E-state index in [9.17, 15) is 9.59 Å². The van der Waals surface area contributed by atoms with E-state index in [1.165, 1.54) is 6.26 Å². The molecule has 0 aliphatic carbocycles. The molecule has 1 fully saturated rings. The molecule has 1 saturated heterocycles. The monoisotopic (exact) mass is 383 g/mol. The number of carbonyl (C=O) groups is 2. The highest BCUT2D eigenvalue weighted by atomic mass is 16.5. The van der Waals surface area contributed by atoms with Crippen LogP contribution in [0.1, 0.15) is 30.0 Å². The summed E-state index contributed by atoms with van der Waals surface area (Å²) in [6.07, 6.45) is 3.09. The van der Waals surface area contributed by atoms with Gasteiger partial charge in [-0.25, -0.2) is 0 Å². The standard InChI is InChI=1S/C21H21NO6/c1-13-10-22(11-14(2)27-13)20(23)12-26-16-5-6-17-18(8-16)28-19(21(17)24)9-15-4-3-7-25-15/h3-9,13-14H,10-12H2,1-2H3. The predicted octanol–water partition coefficient (Wildman–Crippen LogP) is 2.91. The maximum Gasteiger partial charge on any atom is 0.260 e. The van der Waals surface area contributed by atoms with Crippen molar-refractivity contribution in [1.29, 1.82) is 0 Å². The SMILES string of the molecule is CC1CN(C(=O)COc2ccc3c(c2)OC(=Cc2ccco2)C3=O)CC(C)O1. The zero-order chi connectivity index (χ0) is 19.7. The minimum Gasteiger partial charge on any atom is -0.484 e. The molecule has 28 heavy (non-hydrogen) atoms. The fourth-order valence-corrected chi connectivity index (χ4v) is 3.38. The number of fused-ring (bicyclic) bond motifs is 1. The van der Waals surface area contributed by atoms with Crippen LogP contribution in [0.2, 0.25) is 0 Å². The van der Waals surface area contributed by atoms with Gasteiger partial charge in [0.05, 0.1) is 24.0 Å². The average Bonchev–Trinajstić information content (AvgIpc) is 3.27. The van der Waals surface area contributed by atoms with Crippen molar-refractivity contribution in [2.45, 2.75) is 26.1 Å². The quantitative estimate of drug-likeness (QED) is 0.756. The van der Waals surface area contributed by atoms with Gasteiger partial charge in [0.1, 0.15) is 17.3 Å². The number of amides is 1. The van der Waals surface area contributed by atoms with Crippen LogP contribution in [0.5, 0.6) is 11.5 Å². The number of nitrogens with zero attached hydrogens (tertiary/aromatic N) is 1. The summed E-state index contributed by atoms with van der Waals surface area (Å²) in [5.74, 6) is 1.28. The number of allylic oxidation sites excluding steroid dienone is 1. The summed E-state index contributed by atoms with van der Waals surface area (Å²) in [5, 5.41) is 0. The Morgan fingerprint density at radius 3 is 2.75 bits per heavy atom. The topological polar surface area (TPSA) is 78.2 Å². The number of morpholine rings is 1. The van der Waals surface area contributed by atoms with Gasteiger partial charge in [-0.15, -0.1) is 0 Å². The number of furan rings is 1. The third-order valence-electron chi connectivity index (χ3n) is 4.59. The van der Waals surface area contributed by atoms with E-state index in [2.05, 4.69) is 0 Å². The van der Waals surface area contributed by atoms with Crippen molar-refractivity contribution in [2.75, 3.05) is 19.7 Å². The summed E-state index contributed by atoms with van der Waals surface area (Å²) >= 11 is 0. The van der Waals surface area contributed by atoms with E-state index in [0.717, 1.165) is 0 Å². The van der Waals surface area contributed by atoms with Gasteiger partial charge in [-0.3, -0.25) is 9.59 Å². The molecule has 1 aromatic carbocycles. The van der Waals surface area contributed by atoms with Gasteiger partial charge < -0.3 is 23.5 Å². The van der Waals surface area contributed by atoms with Gasteiger partial charge >= 0.3 is 0 Å². The fourth-order valence-electron chi connectivity index (χ4n) is 3.38. The van der Waals surface area contributed by atoms with Crippen LogP contribution in [0.25, 0.3) is 6.08 Å². The Hall–Kier alpha value is -3.06. The molecule has 2 aliphatic rings. The Morgan fingerprint density at radius 2 is 2.04 bits per heavy atom. The first-order valence-corrected chi connectivity index (χ1v) is 9.17. The molecular formula is C21H21NO6. The number of carbonyl (C=O) groups excluding carboxylic acids is 2. The van der Waals surface area contributed by atoms with Crippen molar-refractivity contribution in [3.8, 4) is 11.5 Å². The minimum absolute atomic E-state index is 0.00600. The highest BCUT2D eigenvalue weighted by Gasteiger charge is 2.29. The van der Waals surface area contributed by atoms with Crippen LogP contribution in [0.3, 0.4) is 0 Å². The fraction of sp³-hybridized carbons (Fsp3) is 0.333. The van der Waals surface area contributed by atoms with Crippen LogP contribution in [0.15, 0.2) is 46.8 Å². The average molecular weight is 383 g/mol. The first kappa shape index (κ1) is 18.3. The van der Waals surface area contributed by atoms with E-state index in [0.29, 0.717) is 35.9 Å². The molecule has 2 aromatic rings. The minimum atomic E-state index is -0.217. The Bertz CT molecular complexity index is 907. The van der Waals surface area contributed by atoms with Crippen molar-refractivity contribution < 1.29 is 28.2 Å². The molecule has 0 saturated carbocycles. The Kier molecular flexibility index (Phi) is 4.92. The van der Waals surface area contributed by atoms with Crippen molar-refractivity contribution in [3.63, 3.8) is 0 Å². The Balaban J connectivity index is 1.41. The lowest BCUT2D eigenvalue weighted by Gasteiger charge is -2.35. The molecule has 2 aliphatic heterocycles. The Labute approximate surface area is 162 Å². The molecule has 7 heteroatoms. The normalized spacial score (nSPS) is 22.9. The molecule has 1 amide bonds. The maximum absolute atomic E-state index is 12.4. The van der Waals surface area contributed by atoms with Crippen LogP contribution in [-0.2, 0) is 9.53 Å². The van der Waals surface area contributed by atoms with Crippen LogP contribution in [-0.4, -0.2) is 48.5 Å². The number of hydrogen-bond acceptors (Lipinski definition) is 6. The van der Waals surface area contributed by atoms with Crippen molar-refractivity contribution >= 4 is 17.8 Å². The van der Waals surface area contributed by atoms with Crippen molar-refractivity contribution in [2.24, 2.45) is 0 Å². The van der Waals surface area contributed by atoms with Crippen molar-refractivity contribution in [3.05, 3.63) is 53.7 Å². The zero-order valence-electron chi connectivity index (χ0n) is 15.7. The van der Waals surface area contributed by atoms with Gasteiger partial charge in [-0.1, -0.05) is 0 Å². The number of rotatable bonds is 4. The van der Waals surface area contributed by atoms with Gasteiger partial charge in [0.15, 0.2) is 12.4 Å². The van der Waals surface area contributed by atoms with Crippen LogP contribution < -0.4 is 9.47 Å². The van der Waals surface area contributed by atoms with E-state index < -0.39 is 0 Å². The molecule has 3 heterocycles. The number of ether oxygens (including phenoxy) is 3. The highest BCUT2D eigenvalue weighted by molar-refractivity contribution is 6.14. The van der Waals surface area contributed by atoms with Crippen LogP contribution in [0.4, 0.5) is 0 Å². The molecular weight excluding hydrogens is 362 g/mol. The third kappa shape index (κ3) is 3.80. The molecule has 0 bridgehead atoms. The van der Waals surface area contributed by atoms with Gasteiger partial charge in [0.2, 0.25) is 5.78 Å². The molecule has 146 valence electrons. The van der Waals surface area contributed by atoms with E-state index in [-0.39, 0.29) is 36.3 Å². The first-order chi connectivity index (χ1) is 13.5. The maximum atomic E-state index is 12.4. The summed E-state index contributed by atoms with van der Waals surface area (Å²) in [6.45, 7) is 4.91. The lowest BCUT2D eigenvalue weighted by atomic mass is 10.1. The summed E-state index contributed by atoms with van der Waals surface area (Å²) in [7, 11) is 0. The van der Waals surface area contributed by atoms with Gasteiger partial charge in [-0.2, -0.15) is 0 Å². The summed E-state index contributed by atoms with van der Waals surface area (Å²) in [4.78, 5) is 26.6. The first-order valence-electron chi connectivity index (χ1n) is 9.17. The molecule has 4 rings (SSSR count). The van der Waals surface area contributed by atoms with E-state index in [4.69, 9.17) is 18.6 Å². The molecule has 2 unspecified atom stereocenters. The molecule has 0 N–H and O–H groups in total. The van der Waals surface area contributed by atoms with E-state index >= 15 is 0 Å². The second-order valence-electron chi connectivity index (χ2n) is 6.96. The van der Waals surface area contributed by atoms with Crippen molar-refractivity contribution in [1.82, 2.24) is 4.90 Å². The number of Topliss-reactive ketones (excluding diaryl/α,β-unsaturated/α-hetero) is 1. The summed E-state index contributed by atoms with van der Waals surface area (Å²) in [5.41, 5.74) is 0.451. The van der Waals surface area contributed by atoms with E-state index in [1.54, 1.807) is 41.3 Å². The molecule has 7 nitrogen and oxygen atoms in total. The third-order valence-corrected chi connectivity index (χ3v) is 4.59. The lowest BCUT2D eigenvalue weighted by molar-refractivity contribution is -0.145. The number of benzene rings is 1. The smallest absolute Gasteiger partial charge is 0.260 e. The second-order valence-corrected chi connectivity index (χ2v) is 6.96. The van der Waals surface area contributed by atoms with Crippen LogP contribution >= 0.6 is 0 Å². The van der Waals surface area contributed by atoms with Gasteiger partial charge in [0.25, 0.3) is 5.91 Å². The predicted molar refractivity (Wildman–Crippen MR) is 100 cm³/mol. The lowest BCUT2D eigenvalue weighted by Crippen LogP contribution is -2.49. The second kappa shape index (κ2) is 7.52. The van der Waals surface area contributed by atoms with E-state index in [1.807, 2.05) is 13.8 Å². The molecule has 2 atom stereocenters. The summed E-state index contributed by atoms with van der Waals surface area (Å²) < 4.78 is 22.1. The van der Waals surface area contributed by atoms with Crippen LogP contribution in [0, 0.1) is 0 Å². The molecule has 0 spiro atoms. The number of ketones is 1. The Morgan fingerprint density at radius 1 is 1.25 bits per heavy atom. The largest absolute Gasteiger partial charge is 0.484 e. The number of hydrogen-bond donors (Lipinski definition) is 0. The zero-order valence-corrected chi connectivity index (χ0v) is 15.7. The van der Waals surface area contributed by atoms with Gasteiger partial charge in [0, 0.05) is 25.2 Å². The molecule has 0 radical (unpaired) electrons.